The molecule has 7 nitrogen and oxygen atoms in total. The minimum absolute atomic E-state index is 0.0447. The third-order valence-electron chi connectivity index (χ3n) is 5.55. The van der Waals surface area contributed by atoms with Crippen molar-refractivity contribution in [2.45, 2.75) is 31.5 Å². The lowest BCUT2D eigenvalue weighted by Crippen LogP contribution is -2.41. The fourth-order valence-corrected chi connectivity index (χ4v) is 6.04. The minimum Gasteiger partial charge on any atom is -0.357 e. The van der Waals surface area contributed by atoms with Gasteiger partial charge in [0.25, 0.3) is 5.91 Å². The molecule has 2 saturated heterocycles. The van der Waals surface area contributed by atoms with E-state index in [1.54, 1.807) is 4.90 Å². The van der Waals surface area contributed by atoms with Gasteiger partial charge in [-0.15, -0.1) is 0 Å². The van der Waals surface area contributed by atoms with Crippen LogP contribution in [0.25, 0.3) is 10.9 Å². The van der Waals surface area contributed by atoms with Gasteiger partial charge in [-0.2, -0.15) is 0 Å². The molecule has 0 unspecified atom stereocenters. The first-order valence-corrected chi connectivity index (χ1v) is 10.2. The van der Waals surface area contributed by atoms with Gasteiger partial charge in [0.15, 0.2) is 9.84 Å². The number of sulfone groups is 1. The Hall–Kier alpha value is -2.35. The van der Waals surface area contributed by atoms with Crippen molar-refractivity contribution in [3.63, 3.8) is 0 Å². The number of imide groups is 1. The van der Waals surface area contributed by atoms with E-state index in [9.17, 15) is 18.0 Å². The van der Waals surface area contributed by atoms with Gasteiger partial charge in [0.05, 0.1) is 24.1 Å². The normalized spacial score (nSPS) is 27.8. The van der Waals surface area contributed by atoms with Crippen LogP contribution in [0, 0.1) is 0 Å². The number of urea groups is 1. The minimum atomic E-state index is -3.15. The number of rotatable bonds is 1. The largest absolute Gasteiger partial charge is 0.357 e. The zero-order valence-electron chi connectivity index (χ0n) is 13.4. The van der Waals surface area contributed by atoms with E-state index in [1.165, 1.54) is 4.90 Å². The van der Waals surface area contributed by atoms with Crippen LogP contribution in [0.1, 0.15) is 17.7 Å². The maximum absolute atomic E-state index is 12.9. The van der Waals surface area contributed by atoms with Gasteiger partial charge >= 0.3 is 6.03 Å². The standard InChI is InChI=1S/C17H17N3O4S/c21-16-15-7-12-11-3-1-2-4-13(11)18-14(12)8-19(15)17(22)20(16)10-5-6-25(23,24)9-10/h1-4,10,15,18H,5-9H2/t10-,15+/m0/s1. The van der Waals surface area contributed by atoms with E-state index in [-0.39, 0.29) is 23.4 Å². The number of aromatic amines is 1. The third-order valence-corrected chi connectivity index (χ3v) is 7.30. The highest BCUT2D eigenvalue weighted by atomic mass is 32.2. The number of aromatic nitrogens is 1. The summed E-state index contributed by atoms with van der Waals surface area (Å²) in [6.45, 7) is 0.356. The van der Waals surface area contributed by atoms with Gasteiger partial charge in [-0.25, -0.2) is 13.2 Å². The Balaban J connectivity index is 1.51. The van der Waals surface area contributed by atoms with Crippen LogP contribution in [0.5, 0.6) is 0 Å². The molecule has 0 bridgehead atoms. The van der Waals surface area contributed by atoms with E-state index in [0.29, 0.717) is 19.4 Å². The molecule has 3 amide bonds. The SMILES string of the molecule is O=C1[C@H]2Cc3c([nH]c4ccccc34)CN2C(=O)N1[C@H]1CCS(=O)(=O)C1. The van der Waals surface area contributed by atoms with Crippen molar-refractivity contribution in [2.75, 3.05) is 11.5 Å². The van der Waals surface area contributed by atoms with Gasteiger partial charge in [-0.05, 0) is 18.1 Å². The van der Waals surface area contributed by atoms with Crippen molar-refractivity contribution >= 4 is 32.7 Å². The first-order valence-electron chi connectivity index (χ1n) is 8.37. The number of para-hydroxylation sites is 1. The van der Waals surface area contributed by atoms with Crippen LogP contribution < -0.4 is 0 Å². The number of nitrogens with one attached hydrogen (secondary N) is 1. The molecule has 0 spiro atoms. The van der Waals surface area contributed by atoms with Crippen molar-refractivity contribution in [3.8, 4) is 0 Å². The lowest BCUT2D eigenvalue weighted by atomic mass is 9.97. The Morgan fingerprint density at radius 1 is 1.16 bits per heavy atom. The van der Waals surface area contributed by atoms with Crippen LogP contribution >= 0.6 is 0 Å². The van der Waals surface area contributed by atoms with Gasteiger partial charge < -0.3 is 9.88 Å². The molecule has 1 aromatic heterocycles. The quantitative estimate of drug-likeness (QED) is 0.771. The molecule has 2 fully saturated rings. The zero-order valence-corrected chi connectivity index (χ0v) is 14.3. The Morgan fingerprint density at radius 2 is 1.96 bits per heavy atom. The van der Waals surface area contributed by atoms with Crippen molar-refractivity contribution in [2.24, 2.45) is 0 Å². The van der Waals surface area contributed by atoms with Gasteiger partial charge in [0.1, 0.15) is 6.04 Å². The van der Waals surface area contributed by atoms with Crippen LogP contribution in [0.15, 0.2) is 24.3 Å². The molecule has 8 heteroatoms. The van der Waals surface area contributed by atoms with Crippen molar-refractivity contribution in [1.29, 1.82) is 0 Å². The predicted octanol–water partition coefficient (Wildman–Crippen LogP) is 1.04. The number of benzene rings is 1. The molecule has 2 aromatic rings. The second-order valence-corrected chi connectivity index (χ2v) is 9.25. The summed E-state index contributed by atoms with van der Waals surface area (Å²) in [6.07, 6.45) is 0.814. The highest BCUT2D eigenvalue weighted by Gasteiger charge is 2.52. The van der Waals surface area contributed by atoms with E-state index in [4.69, 9.17) is 0 Å². The Kier molecular flexibility index (Phi) is 2.90. The van der Waals surface area contributed by atoms with E-state index < -0.39 is 21.9 Å². The summed E-state index contributed by atoms with van der Waals surface area (Å²) in [6, 6.07) is 6.50. The summed E-state index contributed by atoms with van der Waals surface area (Å²) < 4.78 is 23.5. The average molecular weight is 359 g/mol. The number of carbonyl (C=O) groups excluding carboxylic acids is 2. The van der Waals surface area contributed by atoms with E-state index >= 15 is 0 Å². The monoisotopic (exact) mass is 359 g/mol. The maximum atomic E-state index is 12.9. The molecule has 0 aliphatic carbocycles. The van der Waals surface area contributed by atoms with Crippen LogP contribution in [0.3, 0.4) is 0 Å². The van der Waals surface area contributed by atoms with Crippen LogP contribution in [0.2, 0.25) is 0 Å². The molecule has 0 radical (unpaired) electrons. The van der Waals surface area contributed by atoms with Crippen LogP contribution in [-0.2, 0) is 27.6 Å². The van der Waals surface area contributed by atoms with Crippen molar-refractivity contribution < 1.29 is 18.0 Å². The summed E-state index contributed by atoms with van der Waals surface area (Å²) >= 11 is 0. The third kappa shape index (κ3) is 2.06. The molecular weight excluding hydrogens is 342 g/mol. The second kappa shape index (κ2) is 4.85. The number of hydrogen-bond donors (Lipinski definition) is 1. The molecule has 2 atom stereocenters. The number of H-pyrrole nitrogens is 1. The first kappa shape index (κ1) is 14.9. The molecule has 1 N–H and O–H groups in total. The van der Waals surface area contributed by atoms with E-state index in [0.717, 1.165) is 22.2 Å². The van der Waals surface area contributed by atoms with Gasteiger partial charge in [0.2, 0.25) is 0 Å². The maximum Gasteiger partial charge on any atom is 0.328 e. The summed E-state index contributed by atoms with van der Waals surface area (Å²) in [5.41, 5.74) is 3.05. The van der Waals surface area contributed by atoms with Gasteiger partial charge in [0, 0.05) is 23.0 Å². The topological polar surface area (TPSA) is 90.6 Å². The van der Waals surface area contributed by atoms with Gasteiger partial charge in [-0.1, -0.05) is 18.2 Å². The fourth-order valence-electron chi connectivity index (χ4n) is 4.34. The Bertz CT molecular complexity index is 1030. The highest BCUT2D eigenvalue weighted by Crippen LogP contribution is 2.36. The summed E-state index contributed by atoms with van der Waals surface area (Å²) in [4.78, 5) is 31.8. The highest BCUT2D eigenvalue weighted by molar-refractivity contribution is 7.91. The number of carbonyl (C=O) groups is 2. The Morgan fingerprint density at radius 3 is 2.72 bits per heavy atom. The molecular formula is C17H17N3O4S. The number of hydrogen-bond acceptors (Lipinski definition) is 4. The summed E-state index contributed by atoms with van der Waals surface area (Å²) in [5, 5.41) is 1.08. The number of fused-ring (bicyclic) bond motifs is 4. The molecule has 4 heterocycles. The van der Waals surface area contributed by atoms with Crippen LogP contribution in [0.4, 0.5) is 4.79 Å². The Labute approximate surface area is 144 Å². The number of nitrogens with zero attached hydrogens (tertiary/aromatic N) is 2. The number of amides is 3. The molecule has 0 saturated carbocycles. The average Bonchev–Trinajstić information content (AvgIpc) is 3.19. The van der Waals surface area contributed by atoms with Gasteiger partial charge in [-0.3, -0.25) is 9.69 Å². The second-order valence-electron chi connectivity index (χ2n) is 7.02. The smallest absolute Gasteiger partial charge is 0.328 e. The predicted molar refractivity (Wildman–Crippen MR) is 90.6 cm³/mol. The first-order chi connectivity index (χ1) is 11.9. The zero-order chi connectivity index (χ0) is 17.3. The van der Waals surface area contributed by atoms with E-state index in [2.05, 4.69) is 4.98 Å². The lowest BCUT2D eigenvalue weighted by Gasteiger charge is -2.27. The van der Waals surface area contributed by atoms with Crippen LogP contribution in [-0.4, -0.2) is 58.7 Å². The van der Waals surface area contributed by atoms with Crippen molar-refractivity contribution in [1.82, 2.24) is 14.8 Å². The molecule has 5 rings (SSSR count). The molecule has 130 valence electrons. The molecule has 3 aliphatic heterocycles. The fraction of sp³-hybridized carbons (Fsp3) is 0.412. The summed E-state index contributed by atoms with van der Waals surface area (Å²) in [5.74, 6) is -0.328. The summed E-state index contributed by atoms with van der Waals surface area (Å²) in [7, 11) is -3.15. The molecule has 1 aromatic carbocycles. The van der Waals surface area contributed by atoms with Crippen molar-refractivity contribution in [3.05, 3.63) is 35.5 Å². The molecule has 3 aliphatic rings. The van der Waals surface area contributed by atoms with E-state index in [1.807, 2.05) is 24.3 Å². The lowest BCUT2D eigenvalue weighted by molar-refractivity contribution is -0.129. The molecule has 25 heavy (non-hydrogen) atoms.